The van der Waals surface area contributed by atoms with Gasteiger partial charge >= 0.3 is 0 Å². The molecule has 0 saturated heterocycles. The van der Waals surface area contributed by atoms with E-state index in [4.69, 9.17) is 0 Å². The summed E-state index contributed by atoms with van der Waals surface area (Å²) in [5.41, 5.74) is 0.851. The number of phenolic OH excluding ortho intramolecular Hbond substituents is 1. The SMILES string of the molecule is Cc1cccc(C(=O)Nc2cnc(Br)cn2)c1O. The molecule has 0 radical (unpaired) electrons. The zero-order valence-corrected chi connectivity index (χ0v) is 11.1. The van der Waals surface area contributed by atoms with E-state index < -0.39 is 5.91 Å². The number of amides is 1. The summed E-state index contributed by atoms with van der Waals surface area (Å²) in [6.07, 6.45) is 2.90. The van der Waals surface area contributed by atoms with Gasteiger partial charge in [-0.2, -0.15) is 0 Å². The Hall–Kier alpha value is -1.95. The molecule has 5 nitrogen and oxygen atoms in total. The highest BCUT2D eigenvalue weighted by Gasteiger charge is 2.13. The van der Waals surface area contributed by atoms with Gasteiger partial charge in [-0.05, 0) is 34.5 Å². The fraction of sp³-hybridized carbons (Fsp3) is 0.0833. The van der Waals surface area contributed by atoms with Crippen molar-refractivity contribution >= 4 is 27.7 Å². The van der Waals surface area contributed by atoms with Crippen molar-refractivity contribution < 1.29 is 9.90 Å². The maximum Gasteiger partial charge on any atom is 0.260 e. The zero-order valence-electron chi connectivity index (χ0n) is 9.51. The van der Waals surface area contributed by atoms with E-state index in [1.54, 1.807) is 25.1 Å². The van der Waals surface area contributed by atoms with E-state index in [2.05, 4.69) is 31.2 Å². The van der Waals surface area contributed by atoms with Crippen LogP contribution < -0.4 is 5.32 Å². The van der Waals surface area contributed by atoms with Crippen LogP contribution in [0, 0.1) is 6.92 Å². The Bertz CT molecular complexity index is 584. The number of hydrogen-bond acceptors (Lipinski definition) is 4. The van der Waals surface area contributed by atoms with E-state index in [0.717, 1.165) is 0 Å². The molecule has 0 bridgehead atoms. The number of rotatable bonds is 2. The van der Waals surface area contributed by atoms with Gasteiger partial charge in [0.2, 0.25) is 0 Å². The molecule has 0 atom stereocenters. The predicted octanol–water partition coefficient (Wildman–Crippen LogP) is 2.51. The van der Waals surface area contributed by atoms with Crippen LogP contribution >= 0.6 is 15.9 Å². The molecule has 0 aliphatic heterocycles. The van der Waals surface area contributed by atoms with Crippen LogP contribution in [0.1, 0.15) is 15.9 Å². The molecule has 1 aromatic heterocycles. The molecule has 0 aliphatic rings. The fourth-order valence-electron chi connectivity index (χ4n) is 1.40. The number of nitrogens with one attached hydrogen (secondary N) is 1. The number of anilines is 1. The molecule has 1 aromatic carbocycles. The van der Waals surface area contributed by atoms with E-state index in [9.17, 15) is 9.90 Å². The minimum atomic E-state index is -0.423. The van der Waals surface area contributed by atoms with Gasteiger partial charge in [-0.15, -0.1) is 0 Å². The van der Waals surface area contributed by atoms with E-state index in [1.807, 2.05) is 0 Å². The molecular formula is C12H10BrN3O2. The predicted molar refractivity (Wildman–Crippen MR) is 70.5 cm³/mol. The average Bonchev–Trinajstić information content (AvgIpc) is 2.35. The lowest BCUT2D eigenvalue weighted by Gasteiger charge is -2.07. The molecule has 2 aromatic rings. The van der Waals surface area contributed by atoms with Gasteiger partial charge in [-0.25, -0.2) is 9.97 Å². The Labute approximate surface area is 112 Å². The van der Waals surface area contributed by atoms with Crippen molar-refractivity contribution in [3.8, 4) is 5.75 Å². The highest BCUT2D eigenvalue weighted by atomic mass is 79.9. The van der Waals surface area contributed by atoms with E-state index in [0.29, 0.717) is 16.0 Å². The molecule has 0 fully saturated rings. The van der Waals surface area contributed by atoms with Gasteiger partial charge in [0.1, 0.15) is 10.4 Å². The largest absolute Gasteiger partial charge is 0.507 e. The first kappa shape index (κ1) is 12.5. The summed E-state index contributed by atoms with van der Waals surface area (Å²) in [7, 11) is 0. The maximum absolute atomic E-state index is 11.9. The molecule has 92 valence electrons. The van der Waals surface area contributed by atoms with E-state index >= 15 is 0 Å². The van der Waals surface area contributed by atoms with Crippen LogP contribution in [0.15, 0.2) is 35.2 Å². The number of aromatic hydroxyl groups is 1. The topological polar surface area (TPSA) is 75.1 Å². The molecule has 2 N–H and O–H groups in total. The first-order valence-electron chi connectivity index (χ1n) is 5.15. The second kappa shape index (κ2) is 5.14. The van der Waals surface area contributed by atoms with Crippen molar-refractivity contribution in [1.82, 2.24) is 9.97 Å². The minimum absolute atomic E-state index is 0.0277. The van der Waals surface area contributed by atoms with Crippen molar-refractivity contribution in [1.29, 1.82) is 0 Å². The van der Waals surface area contributed by atoms with Crippen molar-refractivity contribution in [3.63, 3.8) is 0 Å². The van der Waals surface area contributed by atoms with Crippen LogP contribution in [0.4, 0.5) is 5.82 Å². The zero-order chi connectivity index (χ0) is 13.1. The second-order valence-corrected chi connectivity index (χ2v) is 4.46. The Morgan fingerprint density at radius 1 is 1.33 bits per heavy atom. The number of phenols is 1. The molecule has 6 heteroatoms. The number of halogens is 1. The Kier molecular flexibility index (Phi) is 3.57. The normalized spacial score (nSPS) is 10.1. The van der Waals surface area contributed by atoms with E-state index in [-0.39, 0.29) is 11.3 Å². The Morgan fingerprint density at radius 3 is 2.78 bits per heavy atom. The lowest BCUT2D eigenvalue weighted by atomic mass is 10.1. The Morgan fingerprint density at radius 2 is 2.11 bits per heavy atom. The summed E-state index contributed by atoms with van der Waals surface area (Å²) >= 11 is 3.15. The summed E-state index contributed by atoms with van der Waals surface area (Å²) in [6, 6.07) is 4.98. The smallest absolute Gasteiger partial charge is 0.260 e. The minimum Gasteiger partial charge on any atom is -0.507 e. The first-order chi connectivity index (χ1) is 8.58. The van der Waals surface area contributed by atoms with Crippen LogP contribution in [-0.4, -0.2) is 21.0 Å². The van der Waals surface area contributed by atoms with Crippen LogP contribution in [-0.2, 0) is 0 Å². The lowest BCUT2D eigenvalue weighted by Crippen LogP contribution is -2.13. The summed E-state index contributed by atoms with van der Waals surface area (Å²) in [4.78, 5) is 19.8. The molecule has 0 spiro atoms. The lowest BCUT2D eigenvalue weighted by molar-refractivity contribution is 0.102. The molecular weight excluding hydrogens is 298 g/mol. The summed E-state index contributed by atoms with van der Waals surface area (Å²) in [5, 5.41) is 12.3. The van der Waals surface area contributed by atoms with Gasteiger partial charge in [0.05, 0.1) is 18.0 Å². The van der Waals surface area contributed by atoms with Gasteiger partial charge in [-0.3, -0.25) is 4.79 Å². The average molecular weight is 308 g/mol. The fourth-order valence-corrected chi connectivity index (χ4v) is 1.61. The van der Waals surface area contributed by atoms with Crippen molar-refractivity contribution in [2.24, 2.45) is 0 Å². The molecule has 0 aliphatic carbocycles. The summed E-state index contributed by atoms with van der Waals surface area (Å²) in [6.45, 7) is 1.73. The molecule has 18 heavy (non-hydrogen) atoms. The maximum atomic E-state index is 11.9. The molecule has 0 saturated carbocycles. The second-order valence-electron chi connectivity index (χ2n) is 3.65. The van der Waals surface area contributed by atoms with Crippen molar-refractivity contribution in [2.75, 3.05) is 5.32 Å². The first-order valence-corrected chi connectivity index (χ1v) is 5.94. The van der Waals surface area contributed by atoms with Crippen LogP contribution in [0.25, 0.3) is 0 Å². The third-order valence-electron chi connectivity index (χ3n) is 2.34. The summed E-state index contributed by atoms with van der Waals surface area (Å²) in [5.74, 6) is -0.128. The number of para-hydroxylation sites is 1. The standard InChI is InChI=1S/C12H10BrN3O2/c1-7-3-2-4-8(11(7)17)12(18)16-10-6-14-9(13)5-15-10/h2-6,17H,1H3,(H,15,16,18). The Balaban J connectivity index is 2.22. The molecule has 0 unspecified atom stereocenters. The molecule has 1 heterocycles. The van der Waals surface area contributed by atoms with Gasteiger partial charge in [0.25, 0.3) is 5.91 Å². The quantitative estimate of drug-likeness (QED) is 0.894. The third kappa shape index (κ3) is 2.65. The van der Waals surface area contributed by atoms with Crippen molar-refractivity contribution in [3.05, 3.63) is 46.3 Å². The number of benzene rings is 1. The van der Waals surface area contributed by atoms with Crippen LogP contribution in [0.5, 0.6) is 5.75 Å². The highest BCUT2D eigenvalue weighted by molar-refractivity contribution is 9.10. The molecule has 1 amide bonds. The summed E-state index contributed by atoms with van der Waals surface area (Å²) < 4.78 is 0.582. The number of carbonyl (C=O) groups is 1. The number of carbonyl (C=O) groups excluding carboxylic acids is 1. The van der Waals surface area contributed by atoms with Gasteiger partial charge in [0, 0.05) is 0 Å². The van der Waals surface area contributed by atoms with Crippen LogP contribution in [0.2, 0.25) is 0 Å². The van der Waals surface area contributed by atoms with Gasteiger partial charge < -0.3 is 10.4 Å². The molecule has 2 rings (SSSR count). The number of aromatic nitrogens is 2. The van der Waals surface area contributed by atoms with Crippen LogP contribution in [0.3, 0.4) is 0 Å². The van der Waals surface area contributed by atoms with Gasteiger partial charge in [-0.1, -0.05) is 12.1 Å². The monoisotopic (exact) mass is 307 g/mol. The number of hydrogen-bond donors (Lipinski definition) is 2. The van der Waals surface area contributed by atoms with Crippen molar-refractivity contribution in [2.45, 2.75) is 6.92 Å². The number of nitrogens with zero attached hydrogens (tertiary/aromatic N) is 2. The van der Waals surface area contributed by atoms with Gasteiger partial charge in [0.15, 0.2) is 5.82 Å². The highest BCUT2D eigenvalue weighted by Crippen LogP contribution is 2.22. The number of aryl methyl sites for hydroxylation is 1. The van der Waals surface area contributed by atoms with E-state index in [1.165, 1.54) is 12.4 Å². The third-order valence-corrected chi connectivity index (χ3v) is 2.75.